The molecule has 2 aromatic carbocycles. The minimum Gasteiger partial charge on any atom is -0.449 e. The van der Waals surface area contributed by atoms with Crippen LogP contribution in [0.4, 0.5) is 5.69 Å². The summed E-state index contributed by atoms with van der Waals surface area (Å²) in [6.45, 7) is 1.69. The van der Waals surface area contributed by atoms with Crippen LogP contribution in [0.5, 0.6) is 0 Å². The third kappa shape index (κ3) is 3.81. The molecule has 0 radical (unpaired) electrons. The van der Waals surface area contributed by atoms with Gasteiger partial charge in [-0.15, -0.1) is 0 Å². The molecule has 3 aromatic rings. The molecule has 1 saturated heterocycles. The molecule has 0 bridgehead atoms. The van der Waals surface area contributed by atoms with Crippen molar-refractivity contribution in [1.29, 1.82) is 0 Å². The van der Waals surface area contributed by atoms with Gasteiger partial charge in [0.2, 0.25) is 5.76 Å². The van der Waals surface area contributed by atoms with Crippen molar-refractivity contribution in [2.24, 2.45) is 0 Å². The summed E-state index contributed by atoms with van der Waals surface area (Å²) in [5, 5.41) is 3.26. The van der Waals surface area contributed by atoms with Gasteiger partial charge in [-0.1, -0.05) is 24.3 Å². The van der Waals surface area contributed by atoms with Crippen LogP contribution in [0.25, 0.3) is 11.0 Å². The molecule has 8 nitrogen and oxygen atoms in total. The molecule has 0 aliphatic carbocycles. The molecule has 0 atom stereocenters. The Morgan fingerprint density at radius 3 is 2.40 bits per heavy atom. The van der Waals surface area contributed by atoms with Gasteiger partial charge in [0.1, 0.15) is 11.3 Å². The molecule has 1 fully saturated rings. The van der Waals surface area contributed by atoms with Gasteiger partial charge in [0.05, 0.1) is 23.7 Å². The second-order valence-electron chi connectivity index (χ2n) is 6.93. The number of anilines is 1. The van der Waals surface area contributed by atoms with Crippen molar-refractivity contribution in [3.8, 4) is 0 Å². The molecule has 1 aromatic heterocycles. The number of rotatable bonds is 4. The Balaban J connectivity index is 1.76. The predicted octanol–water partition coefficient (Wildman–Crippen LogP) is 2.56. The Bertz CT molecular complexity index is 1230. The van der Waals surface area contributed by atoms with Crippen LogP contribution < -0.4 is 5.32 Å². The van der Waals surface area contributed by atoms with E-state index in [9.17, 15) is 18.0 Å². The number of carbonyl (C=O) groups is 2. The topological polar surface area (TPSA) is 106 Å². The highest BCUT2D eigenvalue weighted by atomic mass is 32.2. The molecule has 1 N–H and O–H groups in total. The summed E-state index contributed by atoms with van der Waals surface area (Å²) in [5.74, 6) is -0.997. The minimum atomic E-state index is -3.62. The lowest BCUT2D eigenvalue weighted by Crippen LogP contribution is -2.40. The molecule has 1 aliphatic heterocycles. The van der Waals surface area contributed by atoms with Crippen molar-refractivity contribution in [3.63, 3.8) is 0 Å². The first-order valence-electron chi connectivity index (χ1n) is 9.35. The van der Waals surface area contributed by atoms with Gasteiger partial charge in [0.15, 0.2) is 9.84 Å². The number of ether oxygens (including phenoxy) is 1. The van der Waals surface area contributed by atoms with Crippen molar-refractivity contribution >= 4 is 38.3 Å². The number of hydrogen-bond donors (Lipinski definition) is 1. The van der Waals surface area contributed by atoms with Crippen LogP contribution in [0.15, 0.2) is 57.8 Å². The van der Waals surface area contributed by atoms with E-state index in [1.54, 1.807) is 41.3 Å². The molecule has 156 valence electrons. The number of fused-ring (bicyclic) bond motifs is 1. The van der Waals surface area contributed by atoms with Gasteiger partial charge in [-0.2, -0.15) is 0 Å². The van der Waals surface area contributed by atoms with Crippen LogP contribution in [0.1, 0.15) is 20.9 Å². The number of para-hydroxylation sites is 1. The third-order valence-corrected chi connectivity index (χ3v) is 6.01. The first-order chi connectivity index (χ1) is 14.4. The summed E-state index contributed by atoms with van der Waals surface area (Å²) in [6.07, 6.45) is 1.04. The molecule has 0 unspecified atom stereocenters. The summed E-state index contributed by atoms with van der Waals surface area (Å²) in [6, 6.07) is 12.9. The fraction of sp³-hybridized carbons (Fsp3) is 0.238. The molecule has 0 saturated carbocycles. The second kappa shape index (κ2) is 7.92. The number of furan rings is 1. The van der Waals surface area contributed by atoms with Gasteiger partial charge in [0.25, 0.3) is 11.8 Å². The quantitative estimate of drug-likeness (QED) is 0.685. The first kappa shape index (κ1) is 20.1. The molecule has 4 rings (SSSR count). The number of nitrogens with zero attached hydrogens (tertiary/aromatic N) is 1. The summed E-state index contributed by atoms with van der Waals surface area (Å²) >= 11 is 0. The van der Waals surface area contributed by atoms with E-state index in [0.717, 1.165) is 6.26 Å². The average Bonchev–Trinajstić information content (AvgIpc) is 3.11. The zero-order valence-corrected chi connectivity index (χ0v) is 17.1. The smallest absolute Gasteiger partial charge is 0.291 e. The van der Waals surface area contributed by atoms with Crippen molar-refractivity contribution < 1.29 is 27.2 Å². The zero-order chi connectivity index (χ0) is 21.3. The van der Waals surface area contributed by atoms with E-state index in [-0.39, 0.29) is 27.8 Å². The van der Waals surface area contributed by atoms with Crippen molar-refractivity contribution in [2.45, 2.75) is 4.90 Å². The zero-order valence-electron chi connectivity index (χ0n) is 16.3. The van der Waals surface area contributed by atoms with Gasteiger partial charge < -0.3 is 19.4 Å². The Kier molecular flexibility index (Phi) is 5.31. The lowest BCUT2D eigenvalue weighted by atomic mass is 10.1. The highest BCUT2D eigenvalue weighted by molar-refractivity contribution is 7.90. The SMILES string of the molecule is CS(=O)(=O)c1ccccc1C(=O)Nc1c(C(=O)N2CCOCC2)oc2ccccc12. The van der Waals surface area contributed by atoms with Crippen LogP contribution >= 0.6 is 0 Å². The molecular formula is C21H20N2O6S. The Morgan fingerprint density at radius 2 is 1.67 bits per heavy atom. The highest BCUT2D eigenvalue weighted by Gasteiger charge is 2.28. The first-order valence-corrected chi connectivity index (χ1v) is 11.2. The van der Waals surface area contributed by atoms with Gasteiger partial charge in [-0.3, -0.25) is 9.59 Å². The fourth-order valence-corrected chi connectivity index (χ4v) is 4.27. The van der Waals surface area contributed by atoms with Crippen molar-refractivity contribution in [1.82, 2.24) is 4.90 Å². The number of amides is 2. The normalized spacial score (nSPS) is 14.6. The fourth-order valence-electron chi connectivity index (χ4n) is 3.39. The van der Waals surface area contributed by atoms with Crippen molar-refractivity contribution in [3.05, 3.63) is 59.9 Å². The number of benzene rings is 2. The van der Waals surface area contributed by atoms with E-state index in [0.29, 0.717) is 37.3 Å². The van der Waals surface area contributed by atoms with E-state index in [2.05, 4.69) is 5.32 Å². The maximum absolute atomic E-state index is 13.1. The van der Waals surface area contributed by atoms with Crippen LogP contribution in [0.2, 0.25) is 0 Å². The maximum atomic E-state index is 13.1. The standard InChI is InChI=1S/C21H20N2O6S/c1-30(26,27)17-9-5-3-7-15(17)20(24)22-18-14-6-2-4-8-16(14)29-19(18)21(25)23-10-12-28-13-11-23/h2-9H,10-13H2,1H3,(H,22,24). The lowest BCUT2D eigenvalue weighted by Gasteiger charge is -2.26. The minimum absolute atomic E-state index is 0.00304. The van der Waals surface area contributed by atoms with E-state index in [1.165, 1.54) is 12.1 Å². The molecule has 2 amide bonds. The Hall–Kier alpha value is -3.17. The second-order valence-corrected chi connectivity index (χ2v) is 8.91. The van der Waals surface area contributed by atoms with E-state index in [4.69, 9.17) is 9.15 Å². The van der Waals surface area contributed by atoms with Crippen LogP contribution in [-0.2, 0) is 14.6 Å². The maximum Gasteiger partial charge on any atom is 0.291 e. The molecule has 0 spiro atoms. The summed E-state index contributed by atoms with van der Waals surface area (Å²) in [7, 11) is -3.62. The number of morpholine rings is 1. The summed E-state index contributed by atoms with van der Waals surface area (Å²) in [4.78, 5) is 27.6. The largest absolute Gasteiger partial charge is 0.449 e. The van der Waals surface area contributed by atoms with Crippen molar-refractivity contribution in [2.75, 3.05) is 37.9 Å². The van der Waals surface area contributed by atoms with Gasteiger partial charge in [-0.25, -0.2) is 8.42 Å². The predicted molar refractivity (Wildman–Crippen MR) is 110 cm³/mol. The molecule has 2 heterocycles. The van der Waals surface area contributed by atoms with Gasteiger partial charge in [0, 0.05) is 24.7 Å². The molecule has 9 heteroatoms. The van der Waals surface area contributed by atoms with E-state index >= 15 is 0 Å². The number of carbonyl (C=O) groups excluding carboxylic acids is 2. The number of nitrogens with one attached hydrogen (secondary N) is 1. The monoisotopic (exact) mass is 428 g/mol. The highest BCUT2D eigenvalue weighted by Crippen LogP contribution is 2.32. The van der Waals surface area contributed by atoms with Gasteiger partial charge >= 0.3 is 0 Å². The van der Waals surface area contributed by atoms with Crippen LogP contribution in [0.3, 0.4) is 0 Å². The number of sulfone groups is 1. The van der Waals surface area contributed by atoms with Gasteiger partial charge in [-0.05, 0) is 24.3 Å². The lowest BCUT2D eigenvalue weighted by molar-refractivity contribution is 0.0285. The Morgan fingerprint density at radius 1 is 1.00 bits per heavy atom. The summed E-state index contributed by atoms with van der Waals surface area (Å²) in [5.41, 5.74) is 0.659. The third-order valence-electron chi connectivity index (χ3n) is 4.86. The molecule has 30 heavy (non-hydrogen) atoms. The van der Waals surface area contributed by atoms with Crippen LogP contribution in [0, 0.1) is 0 Å². The van der Waals surface area contributed by atoms with Crippen LogP contribution in [-0.4, -0.2) is 57.7 Å². The average molecular weight is 428 g/mol. The molecule has 1 aliphatic rings. The molecular weight excluding hydrogens is 408 g/mol. The Labute approximate surface area is 173 Å². The summed E-state index contributed by atoms with van der Waals surface area (Å²) < 4.78 is 35.2. The van der Waals surface area contributed by atoms with E-state index in [1.807, 2.05) is 0 Å². The van der Waals surface area contributed by atoms with E-state index < -0.39 is 15.7 Å². The number of hydrogen-bond acceptors (Lipinski definition) is 6.